The molecule has 0 heterocycles. The van der Waals surface area contributed by atoms with Crippen LogP contribution in [0.1, 0.15) is 316 Å². The third kappa shape index (κ3) is 66.5. The molecule has 0 saturated heterocycles. The minimum absolute atomic E-state index is 0.0881. The highest BCUT2D eigenvalue weighted by Gasteiger charge is 2.19. The van der Waals surface area contributed by atoms with E-state index in [0.29, 0.717) is 19.3 Å². The molecule has 0 N–H and O–H groups in total. The van der Waals surface area contributed by atoms with Gasteiger partial charge in [0.05, 0.1) is 0 Å². The van der Waals surface area contributed by atoms with Crippen LogP contribution in [0, 0.1) is 0 Å². The number of hydrogen-bond donors (Lipinski definition) is 0. The first-order valence-electron chi connectivity index (χ1n) is 34.0. The van der Waals surface area contributed by atoms with E-state index in [1.54, 1.807) is 0 Å². The van der Waals surface area contributed by atoms with Gasteiger partial charge in [-0.25, -0.2) is 0 Å². The second kappa shape index (κ2) is 68.3. The maximum absolute atomic E-state index is 13.0. The van der Waals surface area contributed by atoms with Gasteiger partial charge in [0.2, 0.25) is 0 Å². The van der Waals surface area contributed by atoms with Crippen molar-refractivity contribution in [3.63, 3.8) is 0 Å². The van der Waals surface area contributed by atoms with Crippen molar-refractivity contribution < 1.29 is 28.6 Å². The zero-order valence-electron chi connectivity index (χ0n) is 53.0. The monoisotopic (exact) mass is 1120 g/mol. The van der Waals surface area contributed by atoms with Crippen LogP contribution in [0.2, 0.25) is 0 Å². The van der Waals surface area contributed by atoms with Crippen molar-refractivity contribution in [2.45, 2.75) is 322 Å². The maximum atomic E-state index is 13.0. The van der Waals surface area contributed by atoms with Crippen LogP contribution in [0.5, 0.6) is 0 Å². The molecule has 6 nitrogen and oxygen atoms in total. The number of ether oxygens (including phenoxy) is 3. The Balaban J connectivity index is 4.42. The lowest BCUT2D eigenvalue weighted by molar-refractivity contribution is -0.167. The summed E-state index contributed by atoms with van der Waals surface area (Å²) in [5.41, 5.74) is 0. The van der Waals surface area contributed by atoms with E-state index in [1.807, 2.05) is 0 Å². The van der Waals surface area contributed by atoms with Gasteiger partial charge in [-0.05, 0) is 128 Å². The summed E-state index contributed by atoms with van der Waals surface area (Å²) in [4.78, 5) is 38.5. The standard InChI is InChI=1S/C75H126O6/c1-4-7-10-13-16-19-22-25-28-31-34-36-37-39-41-44-47-50-53-56-59-62-65-68-74(77)80-71-72(70-79-73(76)67-64-61-58-55-52-49-46-43-40-33-30-27-24-21-18-15-12-9-6-3)81-75(78)69-66-63-60-57-54-51-48-45-42-38-35-32-29-26-23-20-17-14-11-8-5-2/h7,9-10,12,16,18-19,21,23,25-28,30,32,34-36,40,43,72H,4-6,8,11,13-15,17,20,22,24,29,31,33,37-39,41-42,44-71H2,1-3H3/b10-7-,12-9-,19-16-,21-18-,26-23-,28-25-,30-27-,35-32-,36-34-,43-40-. The zero-order valence-corrected chi connectivity index (χ0v) is 53.0. The minimum atomic E-state index is -0.794. The molecule has 0 amide bonds. The first-order valence-corrected chi connectivity index (χ1v) is 34.0. The normalized spacial score (nSPS) is 12.9. The van der Waals surface area contributed by atoms with Crippen LogP contribution < -0.4 is 0 Å². The molecule has 0 aliphatic heterocycles. The summed E-state index contributed by atoms with van der Waals surface area (Å²) < 4.78 is 17.0. The molecule has 0 aliphatic carbocycles. The maximum Gasteiger partial charge on any atom is 0.306 e. The molecule has 0 aromatic carbocycles. The number of carbonyl (C=O) groups is 3. The summed E-state index contributed by atoms with van der Waals surface area (Å²) in [6.07, 6.45) is 94.9. The fourth-order valence-corrected chi connectivity index (χ4v) is 9.40. The van der Waals surface area contributed by atoms with E-state index in [4.69, 9.17) is 14.2 Å². The predicted octanol–water partition coefficient (Wildman–Crippen LogP) is 23.6. The van der Waals surface area contributed by atoms with Gasteiger partial charge in [0, 0.05) is 19.3 Å². The highest BCUT2D eigenvalue weighted by atomic mass is 16.6. The highest BCUT2D eigenvalue weighted by molar-refractivity contribution is 5.71. The molecule has 0 fully saturated rings. The summed E-state index contributed by atoms with van der Waals surface area (Å²) in [7, 11) is 0. The number of allylic oxidation sites excluding steroid dienone is 20. The van der Waals surface area contributed by atoms with Crippen LogP contribution in [0.3, 0.4) is 0 Å². The van der Waals surface area contributed by atoms with Crippen LogP contribution >= 0.6 is 0 Å². The summed E-state index contributed by atoms with van der Waals surface area (Å²) in [5, 5.41) is 0. The zero-order chi connectivity index (χ0) is 58.5. The molecule has 0 bridgehead atoms. The molecular weight excluding hydrogens is 997 g/mol. The van der Waals surface area contributed by atoms with Crippen molar-refractivity contribution in [3.05, 3.63) is 122 Å². The smallest absolute Gasteiger partial charge is 0.306 e. The van der Waals surface area contributed by atoms with Gasteiger partial charge in [-0.2, -0.15) is 0 Å². The van der Waals surface area contributed by atoms with E-state index >= 15 is 0 Å². The topological polar surface area (TPSA) is 78.9 Å². The SMILES string of the molecule is CC/C=C\C/C=C\C/C=C\C/C=C\CCCCCCCCCCCCC(=O)OCC(COC(=O)CCCCCCCC/C=C\C/C=C\C/C=C\C/C=C\CC)OC(=O)CCCCCCCCCCC/C=C\C/C=C\CCCCCCC. The molecule has 0 spiro atoms. The molecule has 0 aliphatic rings. The largest absolute Gasteiger partial charge is 0.462 e. The molecule has 6 heteroatoms. The first-order chi connectivity index (χ1) is 40.0. The van der Waals surface area contributed by atoms with Crippen molar-refractivity contribution >= 4 is 17.9 Å². The Morgan fingerprint density at radius 2 is 0.481 bits per heavy atom. The summed E-state index contributed by atoms with van der Waals surface area (Å²) >= 11 is 0. The Labute approximate surface area is 501 Å². The van der Waals surface area contributed by atoms with Gasteiger partial charge in [0.15, 0.2) is 6.10 Å². The van der Waals surface area contributed by atoms with Gasteiger partial charge < -0.3 is 14.2 Å². The summed E-state index contributed by atoms with van der Waals surface area (Å²) in [6.45, 7) is 6.41. The number of unbranched alkanes of at least 4 members (excludes halogenated alkanes) is 30. The van der Waals surface area contributed by atoms with Crippen molar-refractivity contribution in [1.82, 2.24) is 0 Å². The third-order valence-electron chi connectivity index (χ3n) is 14.4. The van der Waals surface area contributed by atoms with Gasteiger partial charge in [-0.3, -0.25) is 14.4 Å². The van der Waals surface area contributed by atoms with Crippen LogP contribution in [-0.4, -0.2) is 37.2 Å². The molecule has 462 valence electrons. The Morgan fingerprint density at radius 3 is 0.753 bits per heavy atom. The lowest BCUT2D eigenvalue weighted by Gasteiger charge is -2.18. The molecule has 0 rings (SSSR count). The average Bonchev–Trinajstić information content (AvgIpc) is 3.47. The van der Waals surface area contributed by atoms with Gasteiger partial charge in [0.25, 0.3) is 0 Å². The lowest BCUT2D eigenvalue weighted by Crippen LogP contribution is -2.30. The van der Waals surface area contributed by atoms with Crippen LogP contribution in [0.4, 0.5) is 0 Å². The van der Waals surface area contributed by atoms with E-state index < -0.39 is 6.10 Å². The van der Waals surface area contributed by atoms with Crippen molar-refractivity contribution in [2.75, 3.05) is 13.2 Å². The van der Waals surface area contributed by atoms with E-state index in [0.717, 1.165) is 128 Å². The number of rotatable bonds is 61. The molecule has 81 heavy (non-hydrogen) atoms. The van der Waals surface area contributed by atoms with E-state index in [9.17, 15) is 14.4 Å². The number of esters is 3. The fraction of sp³-hybridized carbons (Fsp3) is 0.693. The van der Waals surface area contributed by atoms with Crippen molar-refractivity contribution in [1.29, 1.82) is 0 Å². The van der Waals surface area contributed by atoms with Crippen LogP contribution in [0.25, 0.3) is 0 Å². The molecule has 0 radical (unpaired) electrons. The Kier molecular flexibility index (Phi) is 64.8. The Morgan fingerprint density at radius 1 is 0.259 bits per heavy atom. The number of carbonyl (C=O) groups excluding carboxylic acids is 3. The van der Waals surface area contributed by atoms with Gasteiger partial charge in [-0.1, -0.05) is 290 Å². The molecule has 1 atom stereocenters. The van der Waals surface area contributed by atoms with Crippen LogP contribution in [0.15, 0.2) is 122 Å². The second-order valence-corrected chi connectivity index (χ2v) is 22.3. The molecule has 1 unspecified atom stereocenters. The fourth-order valence-electron chi connectivity index (χ4n) is 9.40. The molecule has 0 aromatic rings. The Hall–Kier alpha value is -4.19. The van der Waals surface area contributed by atoms with Gasteiger partial charge in [0.1, 0.15) is 13.2 Å². The highest BCUT2D eigenvalue weighted by Crippen LogP contribution is 2.16. The summed E-state index contributed by atoms with van der Waals surface area (Å²) in [6, 6.07) is 0. The minimum Gasteiger partial charge on any atom is -0.462 e. The van der Waals surface area contributed by atoms with Crippen molar-refractivity contribution in [3.8, 4) is 0 Å². The quantitative estimate of drug-likeness (QED) is 0.0261. The number of hydrogen-bond acceptors (Lipinski definition) is 6. The first kappa shape index (κ1) is 76.8. The summed E-state index contributed by atoms with van der Waals surface area (Å²) in [5.74, 6) is -0.901. The van der Waals surface area contributed by atoms with Gasteiger partial charge >= 0.3 is 17.9 Å². The predicted molar refractivity (Wildman–Crippen MR) is 353 cm³/mol. The second-order valence-electron chi connectivity index (χ2n) is 22.3. The molecular formula is C75H126O6. The van der Waals surface area contributed by atoms with Crippen molar-refractivity contribution in [2.24, 2.45) is 0 Å². The van der Waals surface area contributed by atoms with E-state index in [2.05, 4.69) is 142 Å². The van der Waals surface area contributed by atoms with E-state index in [1.165, 1.54) is 148 Å². The van der Waals surface area contributed by atoms with Gasteiger partial charge in [-0.15, -0.1) is 0 Å². The average molecular weight is 1120 g/mol. The Bertz CT molecular complexity index is 1670. The molecule has 0 aromatic heterocycles. The molecule has 0 saturated carbocycles. The lowest BCUT2D eigenvalue weighted by atomic mass is 10.1. The van der Waals surface area contributed by atoms with E-state index in [-0.39, 0.29) is 31.1 Å². The third-order valence-corrected chi connectivity index (χ3v) is 14.4. The van der Waals surface area contributed by atoms with Crippen LogP contribution in [-0.2, 0) is 28.6 Å².